The highest BCUT2D eigenvalue weighted by atomic mass is 16.5. The summed E-state index contributed by atoms with van der Waals surface area (Å²) >= 11 is 0. The standard InChI is InChI=1S/C13H15N3O2/c1-2-7-18-10-5-3-9(4-6-10)12(17)11-8-15-16-13(11)14/h3-6,8H,2,7H2,1H3,(H3,14,15,16). The molecule has 2 aromatic rings. The SMILES string of the molecule is CCCOc1ccc(C(=O)c2cn[nH]c2N)cc1. The largest absolute Gasteiger partial charge is 0.494 e. The summed E-state index contributed by atoms with van der Waals surface area (Å²) in [6.07, 6.45) is 2.38. The number of anilines is 1. The van der Waals surface area contributed by atoms with Gasteiger partial charge >= 0.3 is 0 Å². The molecule has 0 spiro atoms. The lowest BCUT2D eigenvalue weighted by Gasteiger charge is -2.05. The highest BCUT2D eigenvalue weighted by Gasteiger charge is 2.13. The van der Waals surface area contributed by atoms with Crippen LogP contribution < -0.4 is 10.5 Å². The van der Waals surface area contributed by atoms with Gasteiger partial charge in [-0.1, -0.05) is 6.92 Å². The molecule has 18 heavy (non-hydrogen) atoms. The predicted molar refractivity (Wildman–Crippen MR) is 68.7 cm³/mol. The number of rotatable bonds is 5. The summed E-state index contributed by atoms with van der Waals surface area (Å²) in [6.45, 7) is 2.71. The zero-order chi connectivity index (χ0) is 13.0. The lowest BCUT2D eigenvalue weighted by atomic mass is 10.1. The lowest BCUT2D eigenvalue weighted by Crippen LogP contribution is -2.03. The van der Waals surface area contributed by atoms with Crippen LogP contribution >= 0.6 is 0 Å². The lowest BCUT2D eigenvalue weighted by molar-refractivity contribution is 0.103. The summed E-state index contributed by atoms with van der Waals surface area (Å²) in [6, 6.07) is 7.00. The molecule has 0 saturated heterocycles. The van der Waals surface area contributed by atoms with Gasteiger partial charge in [0.25, 0.3) is 0 Å². The Bertz CT molecular complexity index is 531. The van der Waals surface area contributed by atoms with Crippen LogP contribution in [0.25, 0.3) is 0 Å². The van der Waals surface area contributed by atoms with Crippen molar-refractivity contribution in [3.63, 3.8) is 0 Å². The zero-order valence-corrected chi connectivity index (χ0v) is 10.1. The van der Waals surface area contributed by atoms with Crippen LogP contribution in [-0.2, 0) is 0 Å². The second-order valence-electron chi connectivity index (χ2n) is 3.90. The van der Waals surface area contributed by atoms with Gasteiger partial charge in [0.2, 0.25) is 0 Å². The van der Waals surface area contributed by atoms with E-state index < -0.39 is 0 Å². The molecule has 0 radical (unpaired) electrons. The maximum atomic E-state index is 12.1. The van der Waals surface area contributed by atoms with Crippen molar-refractivity contribution in [1.82, 2.24) is 10.2 Å². The third kappa shape index (κ3) is 2.51. The molecule has 0 saturated carbocycles. The van der Waals surface area contributed by atoms with E-state index in [0.717, 1.165) is 12.2 Å². The molecule has 1 heterocycles. The summed E-state index contributed by atoms with van der Waals surface area (Å²) < 4.78 is 5.45. The summed E-state index contributed by atoms with van der Waals surface area (Å²) in [4.78, 5) is 12.1. The van der Waals surface area contributed by atoms with E-state index in [9.17, 15) is 4.79 Å². The molecule has 0 unspecified atom stereocenters. The maximum Gasteiger partial charge on any atom is 0.198 e. The van der Waals surface area contributed by atoms with Gasteiger partial charge in [-0.15, -0.1) is 0 Å². The van der Waals surface area contributed by atoms with Crippen molar-refractivity contribution in [2.45, 2.75) is 13.3 Å². The molecule has 0 bridgehead atoms. The molecule has 1 aromatic heterocycles. The van der Waals surface area contributed by atoms with Crippen molar-refractivity contribution in [3.05, 3.63) is 41.6 Å². The van der Waals surface area contributed by atoms with Crippen molar-refractivity contribution in [2.75, 3.05) is 12.3 Å². The van der Waals surface area contributed by atoms with Crippen LogP contribution in [0, 0.1) is 0 Å². The van der Waals surface area contributed by atoms with Gasteiger partial charge in [0, 0.05) is 5.56 Å². The van der Waals surface area contributed by atoms with Crippen LogP contribution in [0.5, 0.6) is 5.75 Å². The van der Waals surface area contributed by atoms with Crippen molar-refractivity contribution in [1.29, 1.82) is 0 Å². The number of ether oxygens (including phenoxy) is 1. The Kier molecular flexibility index (Phi) is 3.62. The van der Waals surface area contributed by atoms with E-state index in [-0.39, 0.29) is 11.6 Å². The Morgan fingerprint density at radius 3 is 2.67 bits per heavy atom. The Hall–Kier alpha value is -2.30. The molecule has 0 aliphatic heterocycles. The second-order valence-corrected chi connectivity index (χ2v) is 3.90. The first kappa shape index (κ1) is 12.2. The third-order valence-corrected chi connectivity index (χ3v) is 2.50. The van der Waals surface area contributed by atoms with Gasteiger partial charge in [-0.25, -0.2) is 0 Å². The summed E-state index contributed by atoms with van der Waals surface area (Å²) in [7, 11) is 0. The highest BCUT2D eigenvalue weighted by Crippen LogP contribution is 2.17. The first-order valence-corrected chi connectivity index (χ1v) is 5.78. The van der Waals surface area contributed by atoms with Crippen LogP contribution in [0.2, 0.25) is 0 Å². The molecule has 0 aliphatic carbocycles. The number of aromatic nitrogens is 2. The number of hydrogen-bond acceptors (Lipinski definition) is 4. The molecule has 5 heteroatoms. The summed E-state index contributed by atoms with van der Waals surface area (Å²) in [5, 5.41) is 6.27. The fourth-order valence-electron chi connectivity index (χ4n) is 1.56. The molecule has 0 fully saturated rings. The smallest absolute Gasteiger partial charge is 0.198 e. The molecular formula is C13H15N3O2. The molecule has 0 amide bonds. The molecular weight excluding hydrogens is 230 g/mol. The number of nitrogens with zero attached hydrogens (tertiary/aromatic N) is 1. The van der Waals surface area contributed by atoms with E-state index in [1.165, 1.54) is 6.20 Å². The van der Waals surface area contributed by atoms with Crippen molar-refractivity contribution in [2.24, 2.45) is 0 Å². The van der Waals surface area contributed by atoms with Gasteiger partial charge in [-0.05, 0) is 30.7 Å². The van der Waals surface area contributed by atoms with Crippen LogP contribution in [0.15, 0.2) is 30.5 Å². The van der Waals surface area contributed by atoms with Gasteiger partial charge in [-0.2, -0.15) is 5.10 Å². The van der Waals surface area contributed by atoms with Crippen molar-refractivity contribution >= 4 is 11.6 Å². The molecule has 3 N–H and O–H groups in total. The molecule has 0 aliphatic rings. The highest BCUT2D eigenvalue weighted by molar-refractivity contribution is 6.11. The minimum Gasteiger partial charge on any atom is -0.494 e. The summed E-state index contributed by atoms with van der Waals surface area (Å²) in [5.41, 5.74) is 6.56. The first-order chi connectivity index (χ1) is 8.72. The predicted octanol–water partition coefficient (Wildman–Crippen LogP) is 2.01. The topological polar surface area (TPSA) is 81.0 Å². The van der Waals surface area contributed by atoms with Crippen LogP contribution in [0.3, 0.4) is 0 Å². The van der Waals surface area contributed by atoms with E-state index in [1.54, 1.807) is 24.3 Å². The number of carbonyl (C=O) groups excluding carboxylic acids is 1. The number of benzene rings is 1. The average molecular weight is 245 g/mol. The molecule has 5 nitrogen and oxygen atoms in total. The number of hydrogen-bond donors (Lipinski definition) is 2. The normalized spacial score (nSPS) is 10.3. The molecule has 1 aromatic carbocycles. The fourth-order valence-corrected chi connectivity index (χ4v) is 1.56. The number of nitrogen functional groups attached to an aromatic ring is 1. The van der Waals surface area contributed by atoms with Gasteiger partial charge < -0.3 is 10.5 Å². The number of H-pyrrole nitrogens is 1. The zero-order valence-electron chi connectivity index (χ0n) is 10.1. The van der Waals surface area contributed by atoms with Crippen LogP contribution in [0.4, 0.5) is 5.82 Å². The Morgan fingerprint density at radius 2 is 2.11 bits per heavy atom. The average Bonchev–Trinajstić information content (AvgIpc) is 2.82. The van der Waals surface area contributed by atoms with Crippen molar-refractivity contribution < 1.29 is 9.53 Å². The fraction of sp³-hybridized carbons (Fsp3) is 0.231. The number of carbonyl (C=O) groups is 1. The van der Waals surface area contributed by atoms with Gasteiger partial charge in [0.15, 0.2) is 5.78 Å². The van der Waals surface area contributed by atoms with Crippen LogP contribution in [-0.4, -0.2) is 22.6 Å². The van der Waals surface area contributed by atoms with Gasteiger partial charge in [-0.3, -0.25) is 9.89 Å². The Balaban J connectivity index is 2.15. The molecule has 0 atom stereocenters. The Morgan fingerprint density at radius 1 is 1.39 bits per heavy atom. The number of nitrogens with two attached hydrogens (primary N) is 1. The van der Waals surface area contributed by atoms with E-state index in [4.69, 9.17) is 10.5 Å². The first-order valence-electron chi connectivity index (χ1n) is 5.78. The van der Waals surface area contributed by atoms with Crippen molar-refractivity contribution in [3.8, 4) is 5.75 Å². The van der Waals surface area contributed by atoms with E-state index >= 15 is 0 Å². The molecule has 2 rings (SSSR count). The Labute approximate surface area is 105 Å². The monoisotopic (exact) mass is 245 g/mol. The molecule has 94 valence electrons. The van der Waals surface area contributed by atoms with E-state index in [0.29, 0.717) is 17.7 Å². The number of aromatic amines is 1. The van der Waals surface area contributed by atoms with Gasteiger partial charge in [0.1, 0.15) is 11.6 Å². The van der Waals surface area contributed by atoms with Gasteiger partial charge in [0.05, 0.1) is 18.4 Å². The second kappa shape index (κ2) is 5.35. The van der Waals surface area contributed by atoms with E-state index in [1.807, 2.05) is 6.92 Å². The third-order valence-electron chi connectivity index (χ3n) is 2.50. The number of nitrogens with one attached hydrogen (secondary N) is 1. The van der Waals surface area contributed by atoms with E-state index in [2.05, 4.69) is 10.2 Å². The summed E-state index contributed by atoms with van der Waals surface area (Å²) in [5.74, 6) is 0.892. The number of ketones is 1. The van der Waals surface area contributed by atoms with Crippen LogP contribution in [0.1, 0.15) is 29.3 Å². The minimum absolute atomic E-state index is 0.150. The minimum atomic E-state index is -0.150. The maximum absolute atomic E-state index is 12.1. The quantitative estimate of drug-likeness (QED) is 0.789.